The van der Waals surface area contributed by atoms with E-state index in [0.717, 1.165) is 19.3 Å². The fourth-order valence-electron chi connectivity index (χ4n) is 1.69. The number of hydrogen-bond donors (Lipinski definition) is 0. The highest BCUT2D eigenvalue weighted by Gasteiger charge is 2.24. The summed E-state index contributed by atoms with van der Waals surface area (Å²) in [5, 5.41) is 0. The van der Waals surface area contributed by atoms with Crippen LogP contribution in [0.5, 0.6) is 0 Å². The van der Waals surface area contributed by atoms with Crippen molar-refractivity contribution in [2.24, 2.45) is 0 Å². The van der Waals surface area contributed by atoms with Crippen LogP contribution in [0.2, 0.25) is 0 Å². The molecule has 4 heteroatoms. The summed E-state index contributed by atoms with van der Waals surface area (Å²) in [5.41, 5.74) is 0. The summed E-state index contributed by atoms with van der Waals surface area (Å²) < 4.78 is 15.9. The van der Waals surface area contributed by atoms with Gasteiger partial charge in [-0.15, -0.1) is 0 Å². The van der Waals surface area contributed by atoms with Gasteiger partial charge in [0.1, 0.15) is 6.10 Å². The second-order valence-corrected chi connectivity index (χ2v) is 3.57. The number of ether oxygens (including phenoxy) is 3. The van der Waals surface area contributed by atoms with E-state index >= 15 is 0 Å². The first kappa shape index (κ1) is 12.5. The van der Waals surface area contributed by atoms with Gasteiger partial charge in [-0.05, 0) is 26.7 Å². The standard InChI is InChI=1S/C11H20O4/c1-3-13-11(14-4-2)8-6-9-5-7-10(12)15-9/h9,11H,3-8H2,1-2H3. The zero-order valence-electron chi connectivity index (χ0n) is 9.53. The van der Waals surface area contributed by atoms with Crippen molar-refractivity contribution in [3.63, 3.8) is 0 Å². The molecule has 0 saturated carbocycles. The Morgan fingerprint density at radius 3 is 2.53 bits per heavy atom. The Hall–Kier alpha value is -0.610. The molecule has 1 unspecified atom stereocenters. The molecule has 1 heterocycles. The summed E-state index contributed by atoms with van der Waals surface area (Å²) >= 11 is 0. The summed E-state index contributed by atoms with van der Waals surface area (Å²) in [6, 6.07) is 0. The van der Waals surface area contributed by atoms with Gasteiger partial charge in [0.25, 0.3) is 0 Å². The van der Waals surface area contributed by atoms with Crippen molar-refractivity contribution in [3.8, 4) is 0 Å². The van der Waals surface area contributed by atoms with Crippen molar-refractivity contribution in [3.05, 3.63) is 0 Å². The number of carbonyl (C=O) groups excluding carboxylic acids is 1. The van der Waals surface area contributed by atoms with Crippen LogP contribution >= 0.6 is 0 Å². The molecule has 0 radical (unpaired) electrons. The van der Waals surface area contributed by atoms with Gasteiger partial charge in [-0.3, -0.25) is 4.79 Å². The third kappa shape index (κ3) is 4.62. The zero-order valence-corrected chi connectivity index (χ0v) is 9.53. The lowest BCUT2D eigenvalue weighted by Gasteiger charge is -2.18. The number of hydrogen-bond acceptors (Lipinski definition) is 4. The van der Waals surface area contributed by atoms with Crippen molar-refractivity contribution >= 4 is 5.97 Å². The Morgan fingerprint density at radius 1 is 1.40 bits per heavy atom. The molecule has 0 aromatic carbocycles. The highest BCUT2D eigenvalue weighted by atomic mass is 16.7. The summed E-state index contributed by atoms with van der Waals surface area (Å²) in [4.78, 5) is 10.9. The third-order valence-corrected chi connectivity index (χ3v) is 2.40. The van der Waals surface area contributed by atoms with Gasteiger partial charge in [-0.2, -0.15) is 0 Å². The molecule has 0 amide bonds. The van der Waals surface area contributed by atoms with Gasteiger partial charge in [0.2, 0.25) is 0 Å². The molecule has 0 bridgehead atoms. The molecule has 4 nitrogen and oxygen atoms in total. The molecular weight excluding hydrogens is 196 g/mol. The van der Waals surface area contributed by atoms with Crippen molar-refractivity contribution < 1.29 is 19.0 Å². The molecule has 0 aromatic heterocycles. The largest absolute Gasteiger partial charge is 0.462 e. The quantitative estimate of drug-likeness (QED) is 0.481. The first-order chi connectivity index (χ1) is 7.26. The SMILES string of the molecule is CCOC(CCC1CCC(=O)O1)OCC. The Kier molecular flexibility index (Phi) is 5.65. The van der Waals surface area contributed by atoms with Crippen LogP contribution in [0.4, 0.5) is 0 Å². The van der Waals surface area contributed by atoms with Crippen LogP contribution in [0, 0.1) is 0 Å². The Balaban J connectivity index is 2.17. The average molecular weight is 216 g/mol. The lowest BCUT2D eigenvalue weighted by molar-refractivity contribution is -0.150. The van der Waals surface area contributed by atoms with E-state index in [9.17, 15) is 4.79 Å². The minimum absolute atomic E-state index is 0.0703. The highest BCUT2D eigenvalue weighted by molar-refractivity contribution is 5.71. The van der Waals surface area contributed by atoms with Gasteiger partial charge in [0.05, 0.1) is 0 Å². The van der Waals surface area contributed by atoms with Gasteiger partial charge < -0.3 is 14.2 Å². The van der Waals surface area contributed by atoms with E-state index in [1.807, 2.05) is 13.8 Å². The highest BCUT2D eigenvalue weighted by Crippen LogP contribution is 2.19. The number of esters is 1. The molecule has 1 atom stereocenters. The molecule has 0 aliphatic carbocycles. The van der Waals surface area contributed by atoms with E-state index in [4.69, 9.17) is 14.2 Å². The van der Waals surface area contributed by atoms with E-state index in [-0.39, 0.29) is 18.4 Å². The van der Waals surface area contributed by atoms with Crippen LogP contribution < -0.4 is 0 Å². The van der Waals surface area contributed by atoms with Crippen LogP contribution in [0.3, 0.4) is 0 Å². The first-order valence-corrected chi connectivity index (χ1v) is 5.69. The molecule has 1 rings (SSSR count). The van der Waals surface area contributed by atoms with Gasteiger partial charge in [-0.25, -0.2) is 0 Å². The van der Waals surface area contributed by atoms with Crippen molar-refractivity contribution in [1.82, 2.24) is 0 Å². The van der Waals surface area contributed by atoms with Crippen LogP contribution in [-0.2, 0) is 19.0 Å². The zero-order chi connectivity index (χ0) is 11.1. The monoisotopic (exact) mass is 216 g/mol. The number of rotatable bonds is 7. The summed E-state index contributed by atoms with van der Waals surface area (Å²) in [6.07, 6.45) is 2.93. The predicted octanol–water partition coefficient (Wildman–Crippen LogP) is 1.87. The lowest BCUT2D eigenvalue weighted by atomic mass is 10.1. The second-order valence-electron chi connectivity index (χ2n) is 3.57. The van der Waals surface area contributed by atoms with E-state index < -0.39 is 0 Å². The Morgan fingerprint density at radius 2 is 2.07 bits per heavy atom. The first-order valence-electron chi connectivity index (χ1n) is 5.69. The summed E-state index contributed by atoms with van der Waals surface area (Å²) in [5.74, 6) is -0.0793. The maximum absolute atomic E-state index is 10.9. The van der Waals surface area contributed by atoms with E-state index in [1.165, 1.54) is 0 Å². The van der Waals surface area contributed by atoms with Crippen LogP contribution in [0.25, 0.3) is 0 Å². The molecule has 1 aliphatic heterocycles. The summed E-state index contributed by atoms with van der Waals surface area (Å²) in [7, 11) is 0. The third-order valence-electron chi connectivity index (χ3n) is 2.40. The van der Waals surface area contributed by atoms with E-state index in [2.05, 4.69) is 0 Å². The molecule has 0 spiro atoms. The maximum Gasteiger partial charge on any atom is 0.306 e. The Labute approximate surface area is 90.9 Å². The molecule has 0 N–H and O–H groups in total. The van der Waals surface area contributed by atoms with Crippen LogP contribution in [-0.4, -0.2) is 31.6 Å². The predicted molar refractivity (Wildman–Crippen MR) is 55.4 cm³/mol. The fraction of sp³-hybridized carbons (Fsp3) is 0.909. The number of carbonyl (C=O) groups is 1. The van der Waals surface area contributed by atoms with E-state index in [1.54, 1.807) is 0 Å². The molecule has 0 aromatic rings. The summed E-state index contributed by atoms with van der Waals surface area (Å²) in [6.45, 7) is 5.19. The normalized spacial score (nSPS) is 21.0. The van der Waals surface area contributed by atoms with Crippen LogP contribution in [0.15, 0.2) is 0 Å². The topological polar surface area (TPSA) is 44.8 Å². The van der Waals surface area contributed by atoms with Crippen molar-refractivity contribution in [2.45, 2.75) is 51.9 Å². The second kappa shape index (κ2) is 6.80. The van der Waals surface area contributed by atoms with Gasteiger partial charge >= 0.3 is 5.97 Å². The minimum atomic E-state index is -0.153. The van der Waals surface area contributed by atoms with Gasteiger partial charge in [0, 0.05) is 26.1 Å². The molecular formula is C11H20O4. The molecule has 1 fully saturated rings. The van der Waals surface area contributed by atoms with E-state index in [0.29, 0.717) is 19.6 Å². The number of cyclic esters (lactones) is 1. The molecule has 88 valence electrons. The molecule has 15 heavy (non-hydrogen) atoms. The van der Waals surface area contributed by atoms with Crippen molar-refractivity contribution in [2.75, 3.05) is 13.2 Å². The van der Waals surface area contributed by atoms with Gasteiger partial charge in [0.15, 0.2) is 6.29 Å². The smallest absolute Gasteiger partial charge is 0.306 e. The molecule has 1 saturated heterocycles. The maximum atomic E-state index is 10.9. The van der Waals surface area contributed by atoms with Crippen molar-refractivity contribution in [1.29, 1.82) is 0 Å². The fourth-order valence-corrected chi connectivity index (χ4v) is 1.69. The van der Waals surface area contributed by atoms with Crippen LogP contribution in [0.1, 0.15) is 39.5 Å². The minimum Gasteiger partial charge on any atom is -0.462 e. The molecule has 1 aliphatic rings. The lowest BCUT2D eigenvalue weighted by Crippen LogP contribution is -2.20. The van der Waals surface area contributed by atoms with Gasteiger partial charge in [-0.1, -0.05) is 0 Å². The average Bonchev–Trinajstić information content (AvgIpc) is 2.61. The Bertz CT molecular complexity index is 187.